The van der Waals surface area contributed by atoms with Crippen molar-refractivity contribution in [1.29, 1.82) is 0 Å². The molecule has 0 fully saturated rings. The van der Waals surface area contributed by atoms with Crippen LogP contribution < -0.4 is 5.73 Å². The Bertz CT molecular complexity index is 612. The van der Waals surface area contributed by atoms with Crippen LogP contribution in [-0.2, 0) is 0 Å². The summed E-state index contributed by atoms with van der Waals surface area (Å²) in [6.45, 7) is 0. The molecule has 1 aromatic carbocycles. The minimum atomic E-state index is 0.459. The van der Waals surface area contributed by atoms with E-state index in [0.29, 0.717) is 17.4 Å². The Hall–Kier alpha value is -2.56. The van der Waals surface area contributed by atoms with Crippen LogP contribution in [0.2, 0.25) is 0 Å². The fourth-order valence-corrected chi connectivity index (χ4v) is 1.48. The topological polar surface area (TPSA) is 78.1 Å². The summed E-state index contributed by atoms with van der Waals surface area (Å²) in [6.07, 6.45) is 3.13. The molecule has 84 valence electrons. The van der Waals surface area contributed by atoms with Gasteiger partial charge >= 0.3 is 0 Å². The average molecular weight is 227 g/mol. The van der Waals surface area contributed by atoms with Crippen LogP contribution in [0.25, 0.3) is 22.8 Å². The normalized spacial score (nSPS) is 10.6. The van der Waals surface area contributed by atoms with Crippen LogP contribution in [0.4, 0.5) is 5.69 Å². The number of hydrogen-bond donors (Lipinski definition) is 1. The molecule has 0 saturated carbocycles. The first kappa shape index (κ1) is 9.65. The van der Waals surface area contributed by atoms with Crippen molar-refractivity contribution in [1.82, 2.24) is 10.1 Å². The van der Waals surface area contributed by atoms with Gasteiger partial charge in [0.15, 0.2) is 0 Å². The number of benzene rings is 1. The molecule has 17 heavy (non-hydrogen) atoms. The van der Waals surface area contributed by atoms with Crippen LogP contribution in [-0.4, -0.2) is 10.1 Å². The predicted octanol–water partition coefficient (Wildman–Crippen LogP) is 2.58. The standard InChI is InChI=1S/C12H9N3O2/c13-10-3-1-8(2-4-10)12-14-11(15-17-12)9-5-6-16-7-9/h1-7H,13H2. The minimum Gasteiger partial charge on any atom is -0.472 e. The van der Waals surface area contributed by atoms with Gasteiger partial charge in [-0.15, -0.1) is 0 Å². The maximum atomic E-state index is 5.61. The zero-order chi connectivity index (χ0) is 11.7. The highest BCUT2D eigenvalue weighted by Crippen LogP contribution is 2.22. The smallest absolute Gasteiger partial charge is 0.258 e. The summed E-state index contributed by atoms with van der Waals surface area (Å²) in [5.74, 6) is 0.965. The second-order valence-electron chi connectivity index (χ2n) is 3.56. The Morgan fingerprint density at radius 2 is 1.82 bits per heavy atom. The van der Waals surface area contributed by atoms with Crippen molar-refractivity contribution < 1.29 is 8.94 Å². The van der Waals surface area contributed by atoms with Crippen molar-refractivity contribution in [2.24, 2.45) is 0 Å². The van der Waals surface area contributed by atoms with Crippen LogP contribution in [0.5, 0.6) is 0 Å². The predicted molar refractivity (Wildman–Crippen MR) is 61.8 cm³/mol. The van der Waals surface area contributed by atoms with Crippen LogP contribution in [0, 0.1) is 0 Å². The van der Waals surface area contributed by atoms with Crippen molar-refractivity contribution in [3.63, 3.8) is 0 Å². The highest BCUT2D eigenvalue weighted by molar-refractivity contribution is 5.60. The van der Waals surface area contributed by atoms with E-state index in [1.807, 2.05) is 12.1 Å². The van der Waals surface area contributed by atoms with Gasteiger partial charge in [-0.05, 0) is 30.3 Å². The van der Waals surface area contributed by atoms with Crippen LogP contribution in [0.15, 0.2) is 51.8 Å². The lowest BCUT2D eigenvalue weighted by Crippen LogP contribution is -1.84. The number of nitrogens with zero attached hydrogens (tertiary/aromatic N) is 2. The maximum absolute atomic E-state index is 5.61. The lowest BCUT2D eigenvalue weighted by atomic mass is 10.2. The van der Waals surface area contributed by atoms with E-state index < -0.39 is 0 Å². The Kier molecular flexibility index (Phi) is 2.15. The molecule has 5 nitrogen and oxygen atoms in total. The van der Waals surface area contributed by atoms with Gasteiger partial charge in [0.05, 0.1) is 11.8 Å². The fraction of sp³-hybridized carbons (Fsp3) is 0. The van der Waals surface area contributed by atoms with Gasteiger partial charge in [-0.3, -0.25) is 0 Å². The fourth-order valence-electron chi connectivity index (χ4n) is 1.48. The Morgan fingerprint density at radius 3 is 2.53 bits per heavy atom. The Labute approximate surface area is 96.9 Å². The lowest BCUT2D eigenvalue weighted by Gasteiger charge is -1.94. The van der Waals surface area contributed by atoms with Gasteiger partial charge in [-0.1, -0.05) is 5.16 Å². The molecule has 5 heteroatoms. The third-order valence-electron chi connectivity index (χ3n) is 2.36. The second-order valence-corrected chi connectivity index (χ2v) is 3.56. The molecule has 0 bridgehead atoms. The summed E-state index contributed by atoms with van der Waals surface area (Å²) >= 11 is 0. The van der Waals surface area contributed by atoms with Crippen LogP contribution in [0.1, 0.15) is 0 Å². The molecule has 2 N–H and O–H groups in total. The molecule has 0 amide bonds. The van der Waals surface area contributed by atoms with Crippen molar-refractivity contribution in [3.05, 3.63) is 42.9 Å². The largest absolute Gasteiger partial charge is 0.472 e. The third-order valence-corrected chi connectivity index (χ3v) is 2.36. The minimum absolute atomic E-state index is 0.459. The molecular formula is C12H9N3O2. The van der Waals surface area contributed by atoms with E-state index in [1.165, 1.54) is 0 Å². The summed E-state index contributed by atoms with van der Waals surface area (Å²) in [4.78, 5) is 4.27. The molecule has 0 spiro atoms. The molecule has 0 unspecified atom stereocenters. The number of furan rings is 1. The number of anilines is 1. The van der Waals surface area contributed by atoms with Gasteiger partial charge in [-0.25, -0.2) is 0 Å². The first-order chi connectivity index (χ1) is 8.33. The quantitative estimate of drug-likeness (QED) is 0.681. The van der Waals surface area contributed by atoms with E-state index >= 15 is 0 Å². The molecule has 0 atom stereocenters. The van der Waals surface area contributed by atoms with Crippen LogP contribution in [0.3, 0.4) is 0 Å². The number of aromatic nitrogens is 2. The molecule has 2 aromatic heterocycles. The molecule has 0 radical (unpaired) electrons. The Morgan fingerprint density at radius 1 is 1.00 bits per heavy atom. The third kappa shape index (κ3) is 1.78. The van der Waals surface area contributed by atoms with Gasteiger partial charge < -0.3 is 14.7 Å². The average Bonchev–Trinajstić information content (AvgIpc) is 3.00. The van der Waals surface area contributed by atoms with E-state index in [1.54, 1.807) is 30.7 Å². The van der Waals surface area contributed by atoms with Gasteiger partial charge in [0.1, 0.15) is 6.26 Å². The highest BCUT2D eigenvalue weighted by Gasteiger charge is 2.10. The summed E-state index contributed by atoms with van der Waals surface area (Å²) in [5.41, 5.74) is 7.93. The lowest BCUT2D eigenvalue weighted by molar-refractivity contribution is 0.432. The van der Waals surface area contributed by atoms with E-state index in [2.05, 4.69) is 10.1 Å². The summed E-state index contributed by atoms with van der Waals surface area (Å²) < 4.78 is 10.1. The molecule has 0 aliphatic rings. The van der Waals surface area contributed by atoms with Crippen molar-refractivity contribution in [2.75, 3.05) is 5.73 Å². The molecular weight excluding hydrogens is 218 g/mol. The Balaban J connectivity index is 1.98. The molecule has 0 saturated heterocycles. The van der Waals surface area contributed by atoms with E-state index in [4.69, 9.17) is 14.7 Å². The van der Waals surface area contributed by atoms with Gasteiger partial charge in [0.2, 0.25) is 5.82 Å². The summed E-state index contributed by atoms with van der Waals surface area (Å²) in [7, 11) is 0. The first-order valence-electron chi connectivity index (χ1n) is 5.05. The van der Waals surface area contributed by atoms with Crippen molar-refractivity contribution >= 4 is 5.69 Å². The summed E-state index contributed by atoms with van der Waals surface area (Å²) in [6, 6.07) is 9.02. The molecule has 2 heterocycles. The molecule has 0 aliphatic carbocycles. The molecule has 3 rings (SSSR count). The second kappa shape index (κ2) is 3.79. The SMILES string of the molecule is Nc1ccc(-c2nc(-c3ccoc3)no2)cc1. The molecule has 3 aromatic rings. The van der Waals surface area contributed by atoms with Gasteiger partial charge in [0, 0.05) is 11.3 Å². The summed E-state index contributed by atoms with van der Waals surface area (Å²) in [5, 5.41) is 3.88. The van der Waals surface area contributed by atoms with Crippen molar-refractivity contribution in [3.8, 4) is 22.8 Å². The number of nitrogen functional groups attached to an aromatic ring is 1. The van der Waals surface area contributed by atoms with Crippen LogP contribution >= 0.6 is 0 Å². The monoisotopic (exact) mass is 227 g/mol. The number of hydrogen-bond acceptors (Lipinski definition) is 5. The highest BCUT2D eigenvalue weighted by atomic mass is 16.5. The van der Waals surface area contributed by atoms with Gasteiger partial charge in [0.25, 0.3) is 5.89 Å². The van der Waals surface area contributed by atoms with Crippen molar-refractivity contribution in [2.45, 2.75) is 0 Å². The van der Waals surface area contributed by atoms with E-state index in [-0.39, 0.29) is 0 Å². The zero-order valence-electron chi connectivity index (χ0n) is 8.83. The number of rotatable bonds is 2. The maximum Gasteiger partial charge on any atom is 0.258 e. The van der Waals surface area contributed by atoms with Gasteiger partial charge in [-0.2, -0.15) is 4.98 Å². The molecule has 0 aliphatic heterocycles. The number of nitrogens with two attached hydrogens (primary N) is 1. The zero-order valence-corrected chi connectivity index (χ0v) is 8.83. The van der Waals surface area contributed by atoms with E-state index in [0.717, 1.165) is 11.1 Å². The first-order valence-corrected chi connectivity index (χ1v) is 5.05. The van der Waals surface area contributed by atoms with E-state index in [9.17, 15) is 0 Å².